The lowest BCUT2D eigenvalue weighted by molar-refractivity contribution is 0.425. The molecule has 0 fully saturated rings. The summed E-state index contributed by atoms with van der Waals surface area (Å²) in [5.74, 6) is 1.10. The molecular weight excluding hydrogens is 654 g/mol. The molecule has 46 heavy (non-hydrogen) atoms. The van der Waals surface area contributed by atoms with Crippen LogP contribution >= 0.6 is 15.4 Å². The zero-order valence-electron chi connectivity index (χ0n) is 26.6. The van der Waals surface area contributed by atoms with Crippen molar-refractivity contribution in [1.29, 1.82) is 0 Å². The van der Waals surface area contributed by atoms with Crippen molar-refractivity contribution in [2.24, 2.45) is 8.30 Å². The van der Waals surface area contributed by atoms with Crippen LogP contribution in [0.2, 0.25) is 0 Å². The lowest BCUT2D eigenvalue weighted by Crippen LogP contribution is -2.30. The van der Waals surface area contributed by atoms with Gasteiger partial charge in [-0.15, -0.1) is 0 Å². The molecule has 4 aromatic carbocycles. The van der Waals surface area contributed by atoms with Crippen LogP contribution in [0.3, 0.4) is 0 Å². The fourth-order valence-corrected chi connectivity index (χ4v) is 13.5. The second-order valence-corrected chi connectivity index (χ2v) is 19.5. The van der Waals surface area contributed by atoms with E-state index in [1.54, 1.807) is 0 Å². The normalized spacial score (nSPS) is 14.7. The lowest BCUT2D eigenvalue weighted by atomic mass is 9.76. The molecule has 4 aromatic rings. The second-order valence-electron chi connectivity index (χ2n) is 11.8. The van der Waals surface area contributed by atoms with Gasteiger partial charge in [0.15, 0.2) is 22.1 Å². The highest BCUT2D eigenvalue weighted by molar-refractivity contribution is 7.94. The smallest absolute Gasteiger partial charge is 0.300 e. The molecule has 0 aliphatic carbocycles. The van der Waals surface area contributed by atoms with Gasteiger partial charge in [0.2, 0.25) is 10.6 Å². The summed E-state index contributed by atoms with van der Waals surface area (Å²) in [6.45, 7) is 8.14. The van der Waals surface area contributed by atoms with Gasteiger partial charge >= 0.3 is 15.4 Å². The quantitative estimate of drug-likeness (QED) is 0.142. The van der Waals surface area contributed by atoms with E-state index >= 15 is 0 Å². The Morgan fingerprint density at radius 3 is 1.35 bits per heavy atom. The average molecular weight is 695 g/mol. The van der Waals surface area contributed by atoms with Gasteiger partial charge in [0, 0.05) is 24.8 Å². The zero-order chi connectivity index (χ0) is 33.0. The summed E-state index contributed by atoms with van der Waals surface area (Å²) in [5.41, 5.74) is 1.28. The molecule has 11 heteroatoms. The zero-order valence-corrected chi connectivity index (χ0v) is 30.0. The molecule has 0 saturated carbocycles. The summed E-state index contributed by atoms with van der Waals surface area (Å²) < 4.78 is 69.1. The molecule has 240 valence electrons. The highest BCUT2D eigenvalue weighted by Gasteiger charge is 2.43. The van der Waals surface area contributed by atoms with E-state index < -0.39 is 40.9 Å². The van der Waals surface area contributed by atoms with Gasteiger partial charge in [-0.05, 0) is 49.2 Å². The minimum Gasteiger partial charge on any atom is -0.447 e. The molecule has 2 unspecified atom stereocenters. The SMILES string of the molecule is CCCCS(=O)(=O)/N=[P+](/c1ccccc1)c1cccc2c1Oc1c(/[P+](=N/S(=O)(=O)CCCC)c3ccccc3)cccc1C2(C)C. The highest BCUT2D eigenvalue weighted by atomic mass is 32.2. The van der Waals surface area contributed by atoms with Crippen molar-refractivity contribution in [2.75, 3.05) is 11.5 Å². The molecule has 0 amide bonds. The number of hydrogen-bond donors (Lipinski definition) is 0. The average Bonchev–Trinajstić information content (AvgIpc) is 3.05. The number of sulfonamides is 2. The first kappa shape index (κ1) is 34.1. The fourth-order valence-electron chi connectivity index (χ4n) is 5.41. The first-order chi connectivity index (χ1) is 22.0. The third kappa shape index (κ3) is 7.50. The summed E-state index contributed by atoms with van der Waals surface area (Å²) in [5, 5.41) is 3.00. The van der Waals surface area contributed by atoms with Crippen molar-refractivity contribution < 1.29 is 21.6 Å². The van der Waals surface area contributed by atoms with E-state index in [0.29, 0.717) is 34.9 Å². The Morgan fingerprint density at radius 2 is 0.978 bits per heavy atom. The first-order valence-electron chi connectivity index (χ1n) is 15.5. The number of benzene rings is 4. The third-order valence-electron chi connectivity index (χ3n) is 7.92. The van der Waals surface area contributed by atoms with E-state index in [0.717, 1.165) is 34.6 Å². The van der Waals surface area contributed by atoms with Gasteiger partial charge in [0.1, 0.15) is 0 Å². The van der Waals surface area contributed by atoms with Crippen molar-refractivity contribution in [3.05, 3.63) is 108 Å². The van der Waals surface area contributed by atoms with E-state index in [9.17, 15) is 16.8 Å². The maximum absolute atomic E-state index is 13.3. The molecule has 1 aliphatic rings. The lowest BCUT2D eigenvalue weighted by Gasteiger charge is -2.34. The van der Waals surface area contributed by atoms with Crippen LogP contribution in [0.15, 0.2) is 105 Å². The summed E-state index contributed by atoms with van der Waals surface area (Å²) >= 11 is 0. The molecule has 0 spiro atoms. The summed E-state index contributed by atoms with van der Waals surface area (Å²) in [6.07, 6.45) is 2.56. The second kappa shape index (κ2) is 14.3. The molecule has 5 rings (SSSR count). The number of nitrogens with zero attached hydrogens (tertiary/aromatic N) is 2. The van der Waals surface area contributed by atoms with E-state index in [4.69, 9.17) is 4.74 Å². The standard InChI is InChI=1S/C35H40N2O5P2S2/c1-5-7-25-45(38,39)36-43(27-17-11-9-12-18-27)31-23-15-21-29-33(31)42-34-30(35(29,3)4)22-16-24-32(34)44(28-19-13-10-14-20-28)37-46(40,41)26-8-6-2/h9-24H,5-8,25-26H2,1-4H3/q+2. The Hall–Kier alpha value is -3.22. The van der Waals surface area contributed by atoms with Crippen LogP contribution in [-0.2, 0) is 25.5 Å². The minimum atomic E-state index is -3.72. The largest absolute Gasteiger partial charge is 0.447 e. The molecular formula is C35H40N2O5P2S2+2. The van der Waals surface area contributed by atoms with Gasteiger partial charge < -0.3 is 4.74 Å². The number of hydrogen-bond acceptors (Lipinski definition) is 5. The van der Waals surface area contributed by atoms with Crippen molar-refractivity contribution in [3.63, 3.8) is 0 Å². The number of unbranched alkanes of at least 4 members (excludes halogenated alkanes) is 2. The van der Waals surface area contributed by atoms with Crippen LogP contribution in [0.25, 0.3) is 0 Å². The third-order valence-corrected chi connectivity index (χ3v) is 16.0. The molecule has 0 bridgehead atoms. The molecule has 0 N–H and O–H groups in total. The van der Waals surface area contributed by atoms with E-state index in [1.165, 1.54) is 0 Å². The Bertz CT molecular complexity index is 1850. The van der Waals surface area contributed by atoms with Gasteiger partial charge in [-0.1, -0.05) is 101 Å². The van der Waals surface area contributed by atoms with Crippen LogP contribution in [-0.4, -0.2) is 28.3 Å². The van der Waals surface area contributed by atoms with Gasteiger partial charge in [-0.3, -0.25) is 0 Å². The highest BCUT2D eigenvalue weighted by Crippen LogP contribution is 2.50. The van der Waals surface area contributed by atoms with Crippen LogP contribution in [0.4, 0.5) is 0 Å². The first-order valence-corrected chi connectivity index (χ1v) is 21.3. The fraction of sp³-hybridized carbons (Fsp3) is 0.314. The molecule has 0 saturated heterocycles. The molecule has 2 atom stereocenters. The number of para-hydroxylation sites is 2. The molecule has 7 nitrogen and oxygen atoms in total. The van der Waals surface area contributed by atoms with Crippen molar-refractivity contribution in [3.8, 4) is 11.5 Å². The van der Waals surface area contributed by atoms with E-state index in [2.05, 4.69) is 22.1 Å². The Labute approximate surface area is 275 Å². The van der Waals surface area contributed by atoms with Crippen LogP contribution < -0.4 is 26.0 Å². The monoisotopic (exact) mass is 694 g/mol. The van der Waals surface area contributed by atoms with Gasteiger partial charge in [-0.2, -0.15) is 0 Å². The predicted octanol–water partition coefficient (Wildman–Crippen LogP) is 7.61. The molecule has 1 heterocycles. The number of ether oxygens (including phenoxy) is 1. The van der Waals surface area contributed by atoms with Crippen molar-refractivity contribution in [2.45, 2.75) is 58.8 Å². The number of rotatable bonds is 12. The van der Waals surface area contributed by atoms with Crippen LogP contribution in [0.5, 0.6) is 11.5 Å². The van der Waals surface area contributed by atoms with E-state index in [-0.39, 0.29) is 11.5 Å². The van der Waals surface area contributed by atoms with Gasteiger partial charge in [0.25, 0.3) is 20.0 Å². The van der Waals surface area contributed by atoms with Gasteiger partial charge in [0.05, 0.1) is 11.5 Å². The Kier molecular flexibility index (Phi) is 10.6. The van der Waals surface area contributed by atoms with Gasteiger partial charge in [-0.25, -0.2) is 16.8 Å². The minimum absolute atomic E-state index is 0.0150. The van der Waals surface area contributed by atoms with Crippen molar-refractivity contribution >= 4 is 56.7 Å². The number of fused-ring (bicyclic) bond motifs is 2. The van der Waals surface area contributed by atoms with Crippen LogP contribution in [0.1, 0.15) is 64.5 Å². The maximum Gasteiger partial charge on any atom is 0.300 e. The molecule has 0 aromatic heterocycles. The maximum atomic E-state index is 13.3. The topological polar surface area (TPSA) is 102 Å². The van der Waals surface area contributed by atoms with Crippen LogP contribution in [0, 0.1) is 0 Å². The molecule has 1 aliphatic heterocycles. The molecule has 0 radical (unpaired) electrons. The summed E-state index contributed by atoms with van der Waals surface area (Å²) in [6, 6.07) is 30.7. The Morgan fingerprint density at radius 1 is 0.587 bits per heavy atom. The predicted molar refractivity (Wildman–Crippen MR) is 193 cm³/mol. The summed E-state index contributed by atoms with van der Waals surface area (Å²) in [7, 11) is -10.8. The van der Waals surface area contributed by atoms with E-state index in [1.807, 2.05) is 111 Å². The Balaban J connectivity index is 1.75. The summed E-state index contributed by atoms with van der Waals surface area (Å²) in [4.78, 5) is 0. The van der Waals surface area contributed by atoms with Crippen molar-refractivity contribution in [1.82, 2.24) is 0 Å².